The molecule has 4 heteroatoms. The van der Waals surface area contributed by atoms with Crippen molar-refractivity contribution in [2.24, 2.45) is 50.2 Å². The number of aliphatic hydroxyl groups excluding tert-OH is 1. The lowest BCUT2D eigenvalue weighted by Gasteiger charge is -2.72. The van der Waals surface area contributed by atoms with E-state index in [1.807, 2.05) is 30.3 Å². The predicted molar refractivity (Wildman–Crippen MR) is 178 cm³/mol. The average Bonchev–Trinajstić information content (AvgIpc) is 2.95. The molecule has 4 nitrogen and oxygen atoms in total. The predicted octanol–water partition coefficient (Wildman–Crippen LogP) is 9.41. The largest absolute Gasteiger partial charge is 0.497 e. The molecule has 0 amide bonds. The van der Waals surface area contributed by atoms with E-state index in [2.05, 4.69) is 61.5 Å². The molecule has 5 aliphatic rings. The van der Waals surface area contributed by atoms with Crippen molar-refractivity contribution in [2.75, 3.05) is 7.11 Å². The van der Waals surface area contributed by atoms with E-state index in [9.17, 15) is 9.90 Å². The number of hydrogen-bond donors (Lipinski definition) is 1. The summed E-state index contributed by atoms with van der Waals surface area (Å²) in [5.74, 6) is 2.07. The lowest BCUT2D eigenvalue weighted by atomic mass is 9.33. The minimum Gasteiger partial charge on any atom is -0.497 e. The van der Waals surface area contributed by atoms with Crippen LogP contribution in [0.4, 0.5) is 0 Å². The number of aliphatic hydroxyl groups is 1. The molecule has 0 aliphatic heterocycles. The zero-order valence-corrected chi connectivity index (χ0v) is 29.0. The Morgan fingerprint density at radius 2 is 1.59 bits per heavy atom. The molecule has 5 aliphatic carbocycles. The number of benzene rings is 1. The van der Waals surface area contributed by atoms with Crippen LogP contribution >= 0.6 is 0 Å². The number of rotatable bonds is 4. The number of hydrogen-bond acceptors (Lipinski definition) is 4. The Bertz CT molecular complexity index is 1340. The molecular weight excluding hydrogens is 544 g/mol. The number of fused-ring (bicyclic) bond motifs is 7. The van der Waals surface area contributed by atoms with Crippen LogP contribution in [-0.2, 0) is 9.53 Å². The molecule has 0 unspecified atom stereocenters. The minimum absolute atomic E-state index is 0.0470. The van der Waals surface area contributed by atoms with Crippen molar-refractivity contribution in [3.05, 3.63) is 47.6 Å². The van der Waals surface area contributed by atoms with Gasteiger partial charge in [0.2, 0.25) is 0 Å². The molecule has 1 N–H and O–H groups in total. The van der Waals surface area contributed by atoms with Crippen LogP contribution in [0.2, 0.25) is 0 Å². The maximum Gasteiger partial charge on any atom is 0.331 e. The maximum absolute atomic E-state index is 13.1. The number of carbonyl (C=O) groups is 1. The molecule has 4 fully saturated rings. The first-order valence-corrected chi connectivity index (χ1v) is 17.4. The minimum atomic E-state index is -0.299. The van der Waals surface area contributed by atoms with Crippen molar-refractivity contribution in [3.8, 4) is 5.75 Å². The van der Waals surface area contributed by atoms with Gasteiger partial charge in [-0.15, -0.1) is 0 Å². The van der Waals surface area contributed by atoms with Crippen molar-refractivity contribution in [3.63, 3.8) is 0 Å². The third-order valence-corrected chi connectivity index (χ3v) is 14.8. The number of methoxy groups -OCH3 is 1. The van der Waals surface area contributed by atoms with E-state index >= 15 is 0 Å². The van der Waals surface area contributed by atoms with Gasteiger partial charge in [-0.2, -0.15) is 0 Å². The second-order valence-corrected chi connectivity index (χ2v) is 17.9. The number of esters is 1. The van der Waals surface area contributed by atoms with Gasteiger partial charge in [-0.25, -0.2) is 4.79 Å². The molecule has 0 aromatic heterocycles. The SMILES string of the molecule is COc1ccc(C=CC(=O)O[C@H]2CC[C@]3(C)[C@H]4CC=C5[C@H]6CC(C)(C)CC[C@]6(C)C[C@H](O)[C@@]5(C)[C@]4(C)CC[C@H]3C2(C)C)cc1. The summed E-state index contributed by atoms with van der Waals surface area (Å²) in [5, 5.41) is 12.2. The Morgan fingerprint density at radius 3 is 2.27 bits per heavy atom. The van der Waals surface area contributed by atoms with Gasteiger partial charge in [0.1, 0.15) is 11.9 Å². The van der Waals surface area contributed by atoms with Gasteiger partial charge in [0.05, 0.1) is 13.2 Å². The highest BCUT2D eigenvalue weighted by molar-refractivity contribution is 5.87. The van der Waals surface area contributed by atoms with Crippen LogP contribution in [0.25, 0.3) is 6.08 Å². The van der Waals surface area contributed by atoms with Gasteiger partial charge in [0.25, 0.3) is 0 Å². The average molecular weight is 603 g/mol. The van der Waals surface area contributed by atoms with Crippen LogP contribution in [0.15, 0.2) is 42.0 Å². The Labute approximate surface area is 267 Å². The maximum atomic E-state index is 13.1. The van der Waals surface area contributed by atoms with Gasteiger partial charge >= 0.3 is 5.97 Å². The summed E-state index contributed by atoms with van der Waals surface area (Å²) in [6.07, 6.45) is 15.6. The Morgan fingerprint density at radius 1 is 0.886 bits per heavy atom. The topological polar surface area (TPSA) is 55.8 Å². The fourth-order valence-electron chi connectivity index (χ4n) is 11.9. The van der Waals surface area contributed by atoms with Crippen molar-refractivity contribution in [1.82, 2.24) is 0 Å². The van der Waals surface area contributed by atoms with Crippen LogP contribution < -0.4 is 4.74 Å². The lowest BCUT2D eigenvalue weighted by molar-refractivity contribution is -0.227. The summed E-state index contributed by atoms with van der Waals surface area (Å²) in [6, 6.07) is 7.69. The van der Waals surface area contributed by atoms with E-state index in [1.165, 1.54) is 19.3 Å². The van der Waals surface area contributed by atoms with Crippen LogP contribution in [0.5, 0.6) is 5.75 Å². The third kappa shape index (κ3) is 4.66. The summed E-state index contributed by atoms with van der Waals surface area (Å²) in [7, 11) is 1.65. The van der Waals surface area contributed by atoms with Crippen LogP contribution in [0, 0.1) is 50.2 Å². The number of ether oxygens (including phenoxy) is 2. The Hall–Kier alpha value is -2.07. The molecule has 4 saturated carbocycles. The quantitative estimate of drug-likeness (QED) is 0.212. The molecule has 0 bridgehead atoms. The van der Waals surface area contributed by atoms with Crippen LogP contribution in [0.1, 0.15) is 119 Å². The second-order valence-electron chi connectivity index (χ2n) is 17.9. The molecule has 0 saturated heterocycles. The van der Waals surface area contributed by atoms with E-state index in [-0.39, 0.29) is 45.3 Å². The normalized spacial score (nSPS) is 44.0. The van der Waals surface area contributed by atoms with E-state index < -0.39 is 0 Å². The molecule has 0 spiro atoms. The van der Waals surface area contributed by atoms with E-state index in [1.54, 1.807) is 18.8 Å². The first kappa shape index (κ1) is 31.9. The van der Waals surface area contributed by atoms with Crippen molar-refractivity contribution in [1.29, 1.82) is 0 Å². The van der Waals surface area contributed by atoms with Gasteiger partial charge in [-0.3, -0.25) is 0 Å². The summed E-state index contributed by atoms with van der Waals surface area (Å²) < 4.78 is 11.5. The molecule has 0 heterocycles. The van der Waals surface area contributed by atoms with Crippen molar-refractivity contribution >= 4 is 12.0 Å². The van der Waals surface area contributed by atoms with Gasteiger partial charge < -0.3 is 14.6 Å². The van der Waals surface area contributed by atoms with Gasteiger partial charge in [0, 0.05) is 16.9 Å². The smallest absolute Gasteiger partial charge is 0.331 e. The summed E-state index contributed by atoms with van der Waals surface area (Å²) in [6.45, 7) is 19.6. The monoisotopic (exact) mass is 602 g/mol. The van der Waals surface area contributed by atoms with E-state index in [0.717, 1.165) is 49.8 Å². The molecule has 6 rings (SSSR count). The zero-order chi connectivity index (χ0) is 31.9. The lowest BCUT2D eigenvalue weighted by Crippen LogP contribution is -2.67. The highest BCUT2D eigenvalue weighted by Crippen LogP contribution is 2.75. The van der Waals surface area contributed by atoms with Gasteiger partial charge in [-0.1, -0.05) is 79.2 Å². The highest BCUT2D eigenvalue weighted by Gasteiger charge is 2.70. The van der Waals surface area contributed by atoms with Gasteiger partial charge in [0.15, 0.2) is 0 Å². The van der Waals surface area contributed by atoms with Crippen LogP contribution in [0.3, 0.4) is 0 Å². The summed E-state index contributed by atoms with van der Waals surface area (Å²) in [5.41, 5.74) is 2.97. The fourth-order valence-corrected chi connectivity index (χ4v) is 11.9. The highest BCUT2D eigenvalue weighted by atomic mass is 16.5. The first-order chi connectivity index (χ1) is 20.5. The molecule has 1 aromatic carbocycles. The molecule has 44 heavy (non-hydrogen) atoms. The number of carbonyl (C=O) groups excluding carboxylic acids is 1. The molecular formula is C40H58O4. The van der Waals surface area contributed by atoms with E-state index in [4.69, 9.17) is 9.47 Å². The van der Waals surface area contributed by atoms with Crippen molar-refractivity contribution in [2.45, 2.75) is 125 Å². The Kier molecular flexibility index (Phi) is 7.59. The zero-order valence-electron chi connectivity index (χ0n) is 29.0. The van der Waals surface area contributed by atoms with E-state index in [0.29, 0.717) is 23.2 Å². The third-order valence-electron chi connectivity index (χ3n) is 14.8. The van der Waals surface area contributed by atoms with Crippen LogP contribution in [-0.4, -0.2) is 30.4 Å². The Balaban J connectivity index is 1.25. The molecule has 9 atom stereocenters. The van der Waals surface area contributed by atoms with Gasteiger partial charge in [-0.05, 0) is 121 Å². The molecule has 242 valence electrons. The molecule has 0 radical (unpaired) electrons. The summed E-state index contributed by atoms with van der Waals surface area (Å²) >= 11 is 0. The number of allylic oxidation sites excluding steroid dienone is 1. The standard InChI is InChI=1S/C40H58O4/c1-35(2)22-23-37(5)25-32(41)40(8)28(29(37)24-35)15-16-31-38(6)20-19-33(36(3,4)30(38)18-21-39(31,40)7)44-34(42)17-12-26-10-13-27(43-9)14-11-26/h10-15,17,29-33,41H,16,18-25H2,1-9H3/t29-,30+,31-,32+,33+,37-,38+,39-,40+/m1/s1. The fraction of sp³-hybridized carbons (Fsp3) is 0.725. The van der Waals surface area contributed by atoms with Crippen molar-refractivity contribution < 1.29 is 19.4 Å². The molecule has 1 aromatic rings. The first-order valence-electron chi connectivity index (χ1n) is 17.4. The summed E-state index contributed by atoms with van der Waals surface area (Å²) in [4.78, 5) is 13.1. The second kappa shape index (κ2) is 10.5.